The normalized spacial score (nSPS) is 31.4. The van der Waals surface area contributed by atoms with Crippen LogP contribution >= 0.6 is 0 Å². The van der Waals surface area contributed by atoms with E-state index in [2.05, 4.69) is 15.1 Å². The van der Waals surface area contributed by atoms with Gasteiger partial charge < -0.3 is 4.90 Å². The van der Waals surface area contributed by atoms with E-state index in [9.17, 15) is 8.78 Å². The van der Waals surface area contributed by atoms with Crippen molar-refractivity contribution in [2.24, 2.45) is 5.92 Å². The molecule has 2 aliphatic carbocycles. The molecule has 0 spiro atoms. The van der Waals surface area contributed by atoms with Crippen LogP contribution in [0.4, 0.5) is 8.78 Å². The molecule has 140 valence electrons. The Bertz CT molecular complexity index is 568. The maximum absolute atomic E-state index is 13.4. The van der Waals surface area contributed by atoms with Gasteiger partial charge in [0, 0.05) is 37.8 Å². The third-order valence-corrected chi connectivity index (χ3v) is 6.40. The third kappa shape index (κ3) is 4.21. The zero-order valence-electron chi connectivity index (χ0n) is 15.0. The highest BCUT2D eigenvalue weighted by Gasteiger charge is 2.40. The second-order valence-electron chi connectivity index (χ2n) is 8.48. The predicted octanol–water partition coefficient (Wildman–Crippen LogP) is 4.47. The smallest absolute Gasteiger partial charge is 0.248 e. The van der Waals surface area contributed by atoms with E-state index in [1.165, 1.54) is 32.1 Å². The average molecular weight is 352 g/mol. The Kier molecular flexibility index (Phi) is 5.07. The van der Waals surface area contributed by atoms with E-state index in [0.717, 1.165) is 44.1 Å². The van der Waals surface area contributed by atoms with Crippen LogP contribution in [-0.4, -0.2) is 45.6 Å². The number of aromatic amines is 1. The average Bonchev–Trinajstić information content (AvgIpc) is 3.23. The molecule has 2 atom stereocenters. The predicted molar refractivity (Wildman–Crippen MR) is 92.9 cm³/mol. The third-order valence-electron chi connectivity index (χ3n) is 6.40. The van der Waals surface area contributed by atoms with Crippen LogP contribution in [-0.2, 0) is 0 Å². The van der Waals surface area contributed by atoms with E-state index in [-0.39, 0.29) is 18.8 Å². The molecule has 1 aromatic heterocycles. The van der Waals surface area contributed by atoms with Gasteiger partial charge in [-0.1, -0.05) is 19.3 Å². The van der Waals surface area contributed by atoms with Crippen molar-refractivity contribution >= 4 is 0 Å². The molecule has 1 aliphatic heterocycles. The topological polar surface area (TPSA) is 44.8 Å². The monoisotopic (exact) mass is 352 g/mol. The molecule has 25 heavy (non-hydrogen) atoms. The summed E-state index contributed by atoms with van der Waals surface area (Å²) in [7, 11) is 0. The van der Waals surface area contributed by atoms with Gasteiger partial charge in [0.25, 0.3) is 0 Å². The Morgan fingerprint density at radius 2 is 1.84 bits per heavy atom. The summed E-state index contributed by atoms with van der Waals surface area (Å²) in [6.07, 6.45) is 9.41. The van der Waals surface area contributed by atoms with E-state index < -0.39 is 5.92 Å². The SMILES string of the molecule is FC1(F)CC[C@H](CN2CCC[C@@H](c3n[nH]c(C4CCCCC4)n3)C2)C1. The number of hydrogen-bond donors (Lipinski definition) is 1. The number of aromatic nitrogens is 3. The molecule has 0 radical (unpaired) electrons. The van der Waals surface area contributed by atoms with Gasteiger partial charge in [0.2, 0.25) is 5.92 Å². The first-order chi connectivity index (χ1) is 12.1. The van der Waals surface area contributed by atoms with Crippen molar-refractivity contribution in [1.29, 1.82) is 0 Å². The summed E-state index contributed by atoms with van der Waals surface area (Å²) in [4.78, 5) is 7.21. The van der Waals surface area contributed by atoms with Crippen LogP contribution in [0.3, 0.4) is 0 Å². The van der Waals surface area contributed by atoms with Crippen LogP contribution in [0.2, 0.25) is 0 Å². The summed E-state index contributed by atoms with van der Waals surface area (Å²) in [5, 5.41) is 7.71. The van der Waals surface area contributed by atoms with Crippen molar-refractivity contribution < 1.29 is 8.78 Å². The van der Waals surface area contributed by atoms with E-state index in [1.54, 1.807) is 0 Å². The van der Waals surface area contributed by atoms with Gasteiger partial charge in [-0.25, -0.2) is 13.8 Å². The Morgan fingerprint density at radius 3 is 2.60 bits per heavy atom. The molecule has 6 heteroatoms. The first-order valence-corrected chi connectivity index (χ1v) is 10.1. The molecule has 1 aromatic rings. The molecule has 0 bridgehead atoms. The number of halogens is 2. The summed E-state index contributed by atoms with van der Waals surface area (Å²) >= 11 is 0. The molecule has 1 N–H and O–H groups in total. The summed E-state index contributed by atoms with van der Waals surface area (Å²) in [5.41, 5.74) is 0. The van der Waals surface area contributed by atoms with Gasteiger partial charge in [-0.3, -0.25) is 5.10 Å². The number of alkyl halides is 2. The fraction of sp³-hybridized carbons (Fsp3) is 0.895. The van der Waals surface area contributed by atoms with Crippen LogP contribution < -0.4 is 0 Å². The highest BCUT2D eigenvalue weighted by atomic mass is 19.3. The molecule has 3 aliphatic rings. The van der Waals surface area contributed by atoms with Gasteiger partial charge >= 0.3 is 0 Å². The number of nitrogens with zero attached hydrogens (tertiary/aromatic N) is 3. The molecule has 3 fully saturated rings. The lowest BCUT2D eigenvalue weighted by Crippen LogP contribution is -2.37. The molecule has 0 aromatic carbocycles. The van der Waals surface area contributed by atoms with Crippen molar-refractivity contribution in [1.82, 2.24) is 20.1 Å². The zero-order valence-corrected chi connectivity index (χ0v) is 15.0. The van der Waals surface area contributed by atoms with E-state index in [4.69, 9.17) is 4.98 Å². The summed E-state index contributed by atoms with van der Waals surface area (Å²) in [6, 6.07) is 0. The van der Waals surface area contributed by atoms with Gasteiger partial charge in [0.05, 0.1) is 0 Å². The van der Waals surface area contributed by atoms with Crippen molar-refractivity contribution in [3.63, 3.8) is 0 Å². The number of H-pyrrole nitrogens is 1. The minimum Gasteiger partial charge on any atom is -0.302 e. The summed E-state index contributed by atoms with van der Waals surface area (Å²) in [6.45, 7) is 2.76. The summed E-state index contributed by atoms with van der Waals surface area (Å²) in [5.74, 6) is 0.640. The van der Waals surface area contributed by atoms with Gasteiger partial charge in [-0.15, -0.1) is 0 Å². The van der Waals surface area contributed by atoms with Crippen molar-refractivity contribution in [3.8, 4) is 0 Å². The Balaban J connectivity index is 1.34. The first kappa shape index (κ1) is 17.4. The first-order valence-electron chi connectivity index (χ1n) is 10.1. The molecule has 0 amide bonds. The van der Waals surface area contributed by atoms with Gasteiger partial charge in [-0.05, 0) is 44.6 Å². The maximum atomic E-state index is 13.4. The molecular weight excluding hydrogens is 322 g/mol. The highest BCUT2D eigenvalue weighted by Crippen LogP contribution is 2.40. The lowest BCUT2D eigenvalue weighted by atomic mass is 9.89. The largest absolute Gasteiger partial charge is 0.302 e. The van der Waals surface area contributed by atoms with Gasteiger partial charge in [0.15, 0.2) is 5.82 Å². The number of likely N-dealkylation sites (tertiary alicyclic amines) is 1. The molecular formula is C19H30F2N4. The quantitative estimate of drug-likeness (QED) is 0.870. The standard InChI is InChI=1S/C19H30F2N4/c20-19(21)9-8-14(11-19)12-25-10-4-7-16(13-25)18-22-17(23-24-18)15-5-2-1-3-6-15/h14-16H,1-13H2,(H,22,23,24)/t14-,16+/m0/s1. The lowest BCUT2D eigenvalue weighted by molar-refractivity contribution is 0.00299. The van der Waals surface area contributed by atoms with E-state index >= 15 is 0 Å². The number of piperidine rings is 1. The van der Waals surface area contributed by atoms with Gasteiger partial charge in [0.1, 0.15) is 5.82 Å². The van der Waals surface area contributed by atoms with Crippen LogP contribution in [0, 0.1) is 5.92 Å². The Labute approximate surface area is 148 Å². The highest BCUT2D eigenvalue weighted by molar-refractivity contribution is 5.05. The molecule has 2 heterocycles. The van der Waals surface area contributed by atoms with Crippen molar-refractivity contribution in [3.05, 3.63) is 11.6 Å². The molecule has 4 nitrogen and oxygen atoms in total. The Morgan fingerprint density at radius 1 is 1.04 bits per heavy atom. The molecule has 0 unspecified atom stereocenters. The second-order valence-corrected chi connectivity index (χ2v) is 8.48. The Hall–Kier alpha value is -1.04. The number of hydrogen-bond acceptors (Lipinski definition) is 3. The van der Waals surface area contributed by atoms with Crippen molar-refractivity contribution in [2.75, 3.05) is 19.6 Å². The fourth-order valence-electron chi connectivity index (χ4n) is 5.02. The van der Waals surface area contributed by atoms with Crippen LogP contribution in [0.25, 0.3) is 0 Å². The second kappa shape index (κ2) is 7.29. The minimum atomic E-state index is -2.43. The van der Waals surface area contributed by atoms with Gasteiger partial charge in [-0.2, -0.15) is 5.10 Å². The molecule has 1 saturated heterocycles. The number of nitrogens with one attached hydrogen (secondary N) is 1. The van der Waals surface area contributed by atoms with Crippen LogP contribution in [0.5, 0.6) is 0 Å². The minimum absolute atomic E-state index is 0.0700. The van der Waals surface area contributed by atoms with E-state index in [1.807, 2.05) is 0 Å². The van der Waals surface area contributed by atoms with Crippen LogP contribution in [0.1, 0.15) is 87.7 Å². The van der Waals surface area contributed by atoms with E-state index in [0.29, 0.717) is 18.3 Å². The fourth-order valence-corrected chi connectivity index (χ4v) is 5.02. The maximum Gasteiger partial charge on any atom is 0.248 e. The van der Waals surface area contributed by atoms with Crippen LogP contribution in [0.15, 0.2) is 0 Å². The molecule has 4 rings (SSSR count). The van der Waals surface area contributed by atoms with Crippen molar-refractivity contribution in [2.45, 2.75) is 82.0 Å². The zero-order chi connectivity index (χ0) is 17.3. The molecule has 2 saturated carbocycles. The lowest BCUT2D eigenvalue weighted by Gasteiger charge is -2.33. The summed E-state index contributed by atoms with van der Waals surface area (Å²) < 4.78 is 26.9. The number of rotatable bonds is 4.